The molecule has 2 N–H and O–H groups in total. The van der Waals surface area contributed by atoms with Crippen LogP contribution in [0.15, 0.2) is 35.6 Å². The van der Waals surface area contributed by atoms with Crippen molar-refractivity contribution in [1.82, 2.24) is 14.9 Å². The second kappa shape index (κ2) is 8.43. The Bertz CT molecular complexity index is 1260. The van der Waals surface area contributed by atoms with Crippen LogP contribution < -0.4 is 5.48 Å². The fourth-order valence-corrected chi connectivity index (χ4v) is 3.88. The van der Waals surface area contributed by atoms with Gasteiger partial charge in [0.25, 0.3) is 0 Å². The summed E-state index contributed by atoms with van der Waals surface area (Å²) in [5, 5.41) is 9.22. The van der Waals surface area contributed by atoms with Crippen molar-refractivity contribution in [2.24, 2.45) is 4.99 Å². The van der Waals surface area contributed by atoms with Crippen molar-refractivity contribution in [3.8, 4) is 0 Å². The zero-order valence-electron chi connectivity index (χ0n) is 15.8. The van der Waals surface area contributed by atoms with Crippen molar-refractivity contribution < 1.29 is 27.9 Å². The first-order chi connectivity index (χ1) is 15.0. The number of aliphatic imine (C=N–C) groups is 1. The van der Waals surface area contributed by atoms with Gasteiger partial charge in [0.15, 0.2) is 11.5 Å². The normalized spacial score (nSPS) is 16.3. The highest BCUT2D eigenvalue weighted by Crippen LogP contribution is 2.34. The molecule has 7 nitrogen and oxygen atoms in total. The summed E-state index contributed by atoms with van der Waals surface area (Å²) in [7, 11) is 0. The number of fused-ring (bicyclic) bond motifs is 1. The second-order valence-corrected chi connectivity index (χ2v) is 8.06. The molecule has 1 aliphatic heterocycles. The molecule has 0 saturated heterocycles. The highest BCUT2D eigenvalue weighted by molar-refractivity contribution is 6.36. The number of aryl methyl sites for hydroxylation is 1. The van der Waals surface area contributed by atoms with Gasteiger partial charge >= 0.3 is 12.1 Å². The number of nitrogens with one attached hydrogen (secondary N) is 1. The minimum absolute atomic E-state index is 0.105. The monoisotopic (exact) mass is 506 g/mol. The Hall–Kier alpha value is -2.53. The summed E-state index contributed by atoms with van der Waals surface area (Å²) >= 11 is 18.5. The van der Waals surface area contributed by atoms with Crippen LogP contribution >= 0.6 is 34.8 Å². The van der Waals surface area contributed by atoms with Crippen LogP contribution in [-0.4, -0.2) is 26.3 Å². The molecule has 1 aromatic carbocycles. The van der Waals surface area contributed by atoms with Gasteiger partial charge in [0, 0.05) is 29.4 Å². The number of carboxylic acid groups (broad SMARTS) is 1. The van der Waals surface area contributed by atoms with Crippen LogP contribution in [0.25, 0.3) is 5.65 Å². The number of nitrogens with zero attached hydrogens (tertiary/aromatic N) is 3. The first kappa shape index (κ1) is 22.7. The number of rotatable bonds is 5. The molecule has 4 rings (SSSR count). The topological polar surface area (TPSA) is 88.2 Å². The molecule has 0 spiro atoms. The van der Waals surface area contributed by atoms with E-state index >= 15 is 0 Å². The van der Waals surface area contributed by atoms with Gasteiger partial charge in [-0.2, -0.15) is 13.2 Å². The predicted octanol–water partition coefficient (Wildman–Crippen LogP) is 5.31. The maximum absolute atomic E-state index is 13.0. The molecule has 1 unspecified atom stereocenters. The van der Waals surface area contributed by atoms with Crippen molar-refractivity contribution in [2.75, 3.05) is 0 Å². The van der Waals surface area contributed by atoms with Crippen LogP contribution in [0.4, 0.5) is 13.2 Å². The lowest BCUT2D eigenvalue weighted by molar-refractivity contribution is -0.138. The summed E-state index contributed by atoms with van der Waals surface area (Å²) in [4.78, 5) is 24.7. The van der Waals surface area contributed by atoms with Gasteiger partial charge in [0.1, 0.15) is 5.69 Å². The van der Waals surface area contributed by atoms with E-state index in [2.05, 4.69) is 15.5 Å². The SMILES string of the molecule is O=C(O)CCc1cc(Cl)c(C2=NC(c3cn4cc(C(F)(F)F)cc(Cl)c4n3)ON2)cc1Cl. The number of pyridine rings is 1. The Labute approximate surface area is 193 Å². The van der Waals surface area contributed by atoms with Gasteiger partial charge in [0.2, 0.25) is 6.23 Å². The lowest BCUT2D eigenvalue weighted by atomic mass is 10.1. The van der Waals surface area contributed by atoms with Crippen molar-refractivity contribution in [2.45, 2.75) is 25.2 Å². The van der Waals surface area contributed by atoms with E-state index in [9.17, 15) is 18.0 Å². The molecule has 0 radical (unpaired) electrons. The molecule has 0 amide bonds. The third-order valence-corrected chi connectivity index (χ3v) is 5.56. The molecule has 3 aromatic rings. The Morgan fingerprint density at radius 1 is 1.16 bits per heavy atom. The van der Waals surface area contributed by atoms with Gasteiger partial charge in [-0.05, 0) is 30.2 Å². The van der Waals surface area contributed by atoms with Gasteiger partial charge in [-0.25, -0.2) is 20.3 Å². The molecule has 1 atom stereocenters. The maximum atomic E-state index is 13.0. The maximum Gasteiger partial charge on any atom is 0.417 e. The number of hydrogen-bond donors (Lipinski definition) is 2. The number of alkyl halides is 3. The Balaban J connectivity index is 1.63. The molecule has 0 aliphatic carbocycles. The van der Waals surface area contributed by atoms with Crippen LogP contribution in [0.3, 0.4) is 0 Å². The summed E-state index contributed by atoms with van der Waals surface area (Å²) in [6, 6.07) is 3.86. The lowest BCUT2D eigenvalue weighted by Crippen LogP contribution is -2.18. The van der Waals surface area contributed by atoms with Gasteiger partial charge in [-0.1, -0.05) is 34.8 Å². The largest absolute Gasteiger partial charge is 0.481 e. The first-order valence-corrected chi connectivity index (χ1v) is 10.1. The number of halogens is 6. The summed E-state index contributed by atoms with van der Waals surface area (Å²) in [6.07, 6.45) is -3.24. The highest BCUT2D eigenvalue weighted by Gasteiger charge is 2.32. The standard InChI is InChI=1S/C19H12Cl3F3N4O3/c20-11-5-10(12(21)3-8(11)1-2-15(30)31)16-27-18(32-28-16)14-7-29-6-9(19(23,24)25)4-13(22)17(29)26-14/h3-7,18H,1-2H2,(H,27,28)(H,30,31). The van der Waals surface area contributed by atoms with E-state index in [1.807, 2.05) is 0 Å². The molecule has 0 bridgehead atoms. The average molecular weight is 508 g/mol. The summed E-state index contributed by atoms with van der Waals surface area (Å²) in [5.41, 5.74) is 2.99. The fraction of sp³-hybridized carbons (Fsp3) is 0.211. The van der Waals surface area contributed by atoms with Gasteiger partial charge in [0.05, 0.1) is 15.6 Å². The molecule has 3 heterocycles. The summed E-state index contributed by atoms with van der Waals surface area (Å²) in [5.74, 6) is -0.736. The van der Waals surface area contributed by atoms with Crippen molar-refractivity contribution in [1.29, 1.82) is 0 Å². The third-order valence-electron chi connectivity index (χ3n) is 4.62. The van der Waals surface area contributed by atoms with Crippen LogP contribution in [-0.2, 0) is 22.2 Å². The number of aliphatic carboxylic acids is 1. The number of amidine groups is 1. The van der Waals surface area contributed by atoms with E-state index in [0.29, 0.717) is 16.1 Å². The molecule has 2 aromatic heterocycles. The molecule has 13 heteroatoms. The number of aromatic nitrogens is 2. The van der Waals surface area contributed by atoms with E-state index in [0.717, 1.165) is 16.7 Å². The molecule has 168 valence electrons. The van der Waals surface area contributed by atoms with Gasteiger partial charge in [-0.15, -0.1) is 0 Å². The lowest BCUT2D eigenvalue weighted by Gasteiger charge is -2.09. The summed E-state index contributed by atoms with van der Waals surface area (Å²) in [6.45, 7) is 0. The Kier molecular flexibility index (Phi) is 5.97. The number of benzene rings is 1. The zero-order valence-corrected chi connectivity index (χ0v) is 18.0. The molecular weight excluding hydrogens is 496 g/mol. The van der Waals surface area contributed by atoms with E-state index in [1.54, 1.807) is 6.07 Å². The van der Waals surface area contributed by atoms with Crippen LogP contribution in [0.2, 0.25) is 15.1 Å². The molecule has 0 saturated carbocycles. The van der Waals surface area contributed by atoms with E-state index < -0.39 is 23.9 Å². The van der Waals surface area contributed by atoms with Crippen molar-refractivity contribution in [3.05, 3.63) is 68.0 Å². The molecule has 32 heavy (non-hydrogen) atoms. The quantitative estimate of drug-likeness (QED) is 0.489. The Morgan fingerprint density at radius 2 is 1.91 bits per heavy atom. The third kappa shape index (κ3) is 4.49. The minimum Gasteiger partial charge on any atom is -0.481 e. The van der Waals surface area contributed by atoms with E-state index in [4.69, 9.17) is 44.7 Å². The van der Waals surface area contributed by atoms with E-state index in [-0.39, 0.29) is 40.1 Å². The smallest absolute Gasteiger partial charge is 0.417 e. The average Bonchev–Trinajstić information content (AvgIpc) is 3.34. The molecule has 1 aliphatic rings. The van der Waals surface area contributed by atoms with Gasteiger partial charge < -0.3 is 9.51 Å². The van der Waals surface area contributed by atoms with Crippen LogP contribution in [0, 0.1) is 0 Å². The highest BCUT2D eigenvalue weighted by atomic mass is 35.5. The fourth-order valence-electron chi connectivity index (χ4n) is 3.09. The number of carbonyl (C=O) groups is 1. The van der Waals surface area contributed by atoms with Gasteiger partial charge in [-0.3, -0.25) is 4.79 Å². The predicted molar refractivity (Wildman–Crippen MR) is 111 cm³/mol. The number of carboxylic acids is 1. The van der Waals surface area contributed by atoms with Crippen LogP contribution in [0.5, 0.6) is 0 Å². The summed E-state index contributed by atoms with van der Waals surface area (Å²) < 4.78 is 40.2. The van der Waals surface area contributed by atoms with Crippen LogP contribution in [0.1, 0.15) is 35.0 Å². The number of hydrogen-bond acceptors (Lipinski definition) is 5. The number of imidazole rings is 1. The van der Waals surface area contributed by atoms with E-state index in [1.165, 1.54) is 12.3 Å². The van der Waals surface area contributed by atoms with Crippen molar-refractivity contribution >= 4 is 52.3 Å². The minimum atomic E-state index is -4.56. The zero-order chi connectivity index (χ0) is 23.2. The number of hydroxylamine groups is 1. The molecular formula is C19H12Cl3F3N4O3. The first-order valence-electron chi connectivity index (χ1n) is 8.98. The Morgan fingerprint density at radius 3 is 2.59 bits per heavy atom. The molecule has 0 fully saturated rings. The van der Waals surface area contributed by atoms with Crippen molar-refractivity contribution in [3.63, 3.8) is 0 Å². The second-order valence-electron chi connectivity index (χ2n) is 6.84.